The zero-order valence-corrected chi connectivity index (χ0v) is 12.0. The molecule has 1 N–H and O–H groups in total. The fourth-order valence-corrected chi connectivity index (χ4v) is 4.76. The summed E-state index contributed by atoms with van der Waals surface area (Å²) in [5.41, 5.74) is 0. The molecular formula is C11H20N2O2S2. The predicted octanol–water partition coefficient (Wildman–Crippen LogP) is 1.28. The lowest BCUT2D eigenvalue weighted by Crippen LogP contribution is -2.39. The third kappa shape index (κ3) is 3.61. The van der Waals surface area contributed by atoms with Gasteiger partial charge in [-0.25, -0.2) is 8.42 Å². The molecule has 4 nitrogen and oxygen atoms in total. The Balaban J connectivity index is 1.85. The highest BCUT2D eigenvalue weighted by Crippen LogP contribution is 2.23. The second-order valence-electron chi connectivity index (χ2n) is 5.13. The molecule has 1 atom stereocenters. The number of hydrogen-bond acceptors (Lipinski definition) is 5. The summed E-state index contributed by atoms with van der Waals surface area (Å²) in [6.45, 7) is 4.37. The Kier molecular flexibility index (Phi) is 4.02. The third-order valence-corrected chi connectivity index (χ3v) is 6.05. The van der Waals surface area contributed by atoms with E-state index in [4.69, 9.17) is 0 Å². The fourth-order valence-electron chi connectivity index (χ4n) is 2.02. The highest BCUT2D eigenvalue weighted by molar-refractivity contribution is 8.14. The number of nitrogens with one attached hydrogen (secondary N) is 1. The molecule has 0 spiro atoms. The van der Waals surface area contributed by atoms with Crippen molar-refractivity contribution in [2.75, 3.05) is 17.3 Å². The lowest BCUT2D eigenvalue weighted by molar-refractivity contribution is 0.517. The van der Waals surface area contributed by atoms with Crippen molar-refractivity contribution in [1.82, 2.24) is 5.32 Å². The Morgan fingerprint density at radius 3 is 2.53 bits per heavy atom. The minimum atomic E-state index is -2.76. The average Bonchev–Trinajstić information content (AvgIpc) is 2.70. The molecule has 17 heavy (non-hydrogen) atoms. The highest BCUT2D eigenvalue weighted by atomic mass is 32.2. The van der Waals surface area contributed by atoms with E-state index in [1.165, 1.54) is 0 Å². The smallest absolute Gasteiger partial charge is 0.157 e. The molecule has 2 aliphatic heterocycles. The van der Waals surface area contributed by atoms with Crippen LogP contribution in [-0.2, 0) is 9.84 Å². The van der Waals surface area contributed by atoms with Crippen LogP contribution in [0.5, 0.6) is 0 Å². The van der Waals surface area contributed by atoms with Gasteiger partial charge in [-0.15, -0.1) is 0 Å². The Labute approximate surface area is 108 Å². The van der Waals surface area contributed by atoms with Crippen LogP contribution in [0.15, 0.2) is 4.99 Å². The summed E-state index contributed by atoms with van der Waals surface area (Å²) in [5.74, 6) is 2.26. The number of rotatable bonds is 2. The average molecular weight is 276 g/mol. The van der Waals surface area contributed by atoms with Gasteiger partial charge in [0.1, 0.15) is 9.84 Å². The predicted molar refractivity (Wildman–Crippen MR) is 73.3 cm³/mol. The van der Waals surface area contributed by atoms with Gasteiger partial charge in [0.2, 0.25) is 0 Å². The minimum absolute atomic E-state index is 0.288. The molecule has 0 amide bonds. The molecule has 0 aromatic carbocycles. The van der Waals surface area contributed by atoms with E-state index in [0.29, 0.717) is 36.3 Å². The summed E-state index contributed by atoms with van der Waals surface area (Å²) < 4.78 is 22.6. The van der Waals surface area contributed by atoms with Gasteiger partial charge in [-0.1, -0.05) is 25.6 Å². The van der Waals surface area contributed by atoms with E-state index in [1.54, 1.807) is 11.8 Å². The largest absolute Gasteiger partial charge is 0.362 e. The Hall–Kier alpha value is -0.230. The summed E-state index contributed by atoms with van der Waals surface area (Å²) in [7, 11) is -2.76. The zero-order valence-electron chi connectivity index (χ0n) is 10.3. The molecule has 1 saturated heterocycles. The normalized spacial score (nSPS) is 29.4. The minimum Gasteiger partial charge on any atom is -0.362 e. The third-order valence-electron chi connectivity index (χ3n) is 3.33. The van der Waals surface area contributed by atoms with Crippen LogP contribution in [0.2, 0.25) is 0 Å². The summed E-state index contributed by atoms with van der Waals surface area (Å²) in [4.78, 5) is 4.64. The van der Waals surface area contributed by atoms with Gasteiger partial charge in [-0.05, 0) is 18.8 Å². The number of sulfone groups is 1. The van der Waals surface area contributed by atoms with Crippen molar-refractivity contribution in [3.63, 3.8) is 0 Å². The van der Waals surface area contributed by atoms with Crippen LogP contribution in [0.25, 0.3) is 0 Å². The fraction of sp³-hybridized carbons (Fsp3) is 0.909. The Morgan fingerprint density at radius 2 is 2.00 bits per heavy atom. The van der Waals surface area contributed by atoms with Gasteiger partial charge in [0.05, 0.1) is 17.5 Å². The maximum atomic E-state index is 11.3. The van der Waals surface area contributed by atoms with Gasteiger partial charge in [-0.3, -0.25) is 4.99 Å². The standard InChI is InChI=1S/C11H20N2O2S2/c1-8(2)10-7-16-11(13-10)12-9-3-5-17(14,15)6-4-9/h8-10H,3-7H2,1-2H3,(H,12,13)/t10-/m1/s1. The van der Waals surface area contributed by atoms with Gasteiger partial charge in [0.15, 0.2) is 5.17 Å². The van der Waals surface area contributed by atoms with E-state index >= 15 is 0 Å². The second-order valence-corrected chi connectivity index (χ2v) is 8.44. The van der Waals surface area contributed by atoms with E-state index in [1.807, 2.05) is 0 Å². The molecule has 0 unspecified atom stereocenters. The first-order chi connectivity index (χ1) is 7.96. The number of hydrogen-bond donors (Lipinski definition) is 1. The van der Waals surface area contributed by atoms with Crippen LogP contribution in [0.3, 0.4) is 0 Å². The first-order valence-electron chi connectivity index (χ1n) is 6.14. The SMILES string of the molecule is CC(C)[C@H]1CSC(NC2CCS(=O)(=O)CC2)=N1. The van der Waals surface area contributed by atoms with Gasteiger partial charge in [-0.2, -0.15) is 0 Å². The molecular weight excluding hydrogens is 256 g/mol. The van der Waals surface area contributed by atoms with Crippen molar-refractivity contribution in [1.29, 1.82) is 0 Å². The van der Waals surface area contributed by atoms with E-state index in [9.17, 15) is 8.42 Å². The van der Waals surface area contributed by atoms with Crippen LogP contribution in [0.1, 0.15) is 26.7 Å². The lowest BCUT2D eigenvalue weighted by atomic mass is 10.1. The Morgan fingerprint density at radius 1 is 1.35 bits per heavy atom. The zero-order chi connectivity index (χ0) is 12.5. The van der Waals surface area contributed by atoms with Crippen LogP contribution in [0, 0.1) is 5.92 Å². The first kappa shape index (κ1) is 13.2. The van der Waals surface area contributed by atoms with E-state index < -0.39 is 9.84 Å². The van der Waals surface area contributed by atoms with Crippen LogP contribution in [0.4, 0.5) is 0 Å². The maximum absolute atomic E-state index is 11.3. The van der Waals surface area contributed by atoms with Crippen molar-refractivity contribution in [2.45, 2.75) is 38.8 Å². The Bertz CT molecular complexity index is 390. The second kappa shape index (κ2) is 5.18. The summed E-state index contributed by atoms with van der Waals surface area (Å²) in [5, 5.41) is 4.40. The van der Waals surface area contributed by atoms with Gasteiger partial charge in [0.25, 0.3) is 0 Å². The topological polar surface area (TPSA) is 58.5 Å². The molecule has 98 valence electrons. The number of aliphatic imine (C=N–C) groups is 1. The molecule has 1 fully saturated rings. The molecule has 6 heteroatoms. The molecule has 0 aliphatic carbocycles. The van der Waals surface area contributed by atoms with Crippen LogP contribution >= 0.6 is 11.8 Å². The molecule has 0 saturated carbocycles. The quantitative estimate of drug-likeness (QED) is 0.825. The summed E-state index contributed by atoms with van der Waals surface area (Å²) in [6, 6.07) is 0.700. The van der Waals surface area contributed by atoms with Gasteiger partial charge < -0.3 is 5.32 Å². The van der Waals surface area contributed by atoms with Crippen molar-refractivity contribution >= 4 is 26.8 Å². The summed E-state index contributed by atoms with van der Waals surface area (Å²) >= 11 is 1.76. The van der Waals surface area contributed by atoms with Crippen LogP contribution < -0.4 is 5.32 Å². The van der Waals surface area contributed by atoms with E-state index in [-0.39, 0.29) is 6.04 Å². The van der Waals surface area contributed by atoms with Crippen molar-refractivity contribution in [3.05, 3.63) is 0 Å². The van der Waals surface area contributed by atoms with Gasteiger partial charge in [0, 0.05) is 11.8 Å². The summed E-state index contributed by atoms with van der Waals surface area (Å²) in [6.07, 6.45) is 1.43. The monoisotopic (exact) mass is 276 g/mol. The molecule has 2 heterocycles. The molecule has 0 bridgehead atoms. The molecule has 0 radical (unpaired) electrons. The highest BCUT2D eigenvalue weighted by Gasteiger charge is 2.27. The number of thioether (sulfide) groups is 1. The van der Waals surface area contributed by atoms with Gasteiger partial charge >= 0.3 is 0 Å². The molecule has 2 rings (SSSR count). The maximum Gasteiger partial charge on any atom is 0.157 e. The van der Waals surface area contributed by atoms with Crippen molar-refractivity contribution in [3.8, 4) is 0 Å². The van der Waals surface area contributed by atoms with E-state index in [0.717, 1.165) is 10.9 Å². The molecule has 0 aromatic rings. The molecule has 2 aliphatic rings. The molecule has 0 aromatic heterocycles. The van der Waals surface area contributed by atoms with E-state index in [2.05, 4.69) is 24.2 Å². The number of nitrogens with zero attached hydrogens (tertiary/aromatic N) is 1. The van der Waals surface area contributed by atoms with Crippen molar-refractivity contribution in [2.24, 2.45) is 10.9 Å². The first-order valence-corrected chi connectivity index (χ1v) is 8.94. The van der Waals surface area contributed by atoms with Crippen LogP contribution in [-0.4, -0.2) is 42.9 Å². The number of amidine groups is 1. The lowest BCUT2D eigenvalue weighted by Gasteiger charge is -2.23. The van der Waals surface area contributed by atoms with Crippen molar-refractivity contribution < 1.29 is 8.42 Å².